The Kier molecular flexibility index (Phi) is 9.11. The fourth-order valence-electron chi connectivity index (χ4n) is 1.75. The van der Waals surface area contributed by atoms with Gasteiger partial charge in [0.2, 0.25) is 0 Å². The van der Waals surface area contributed by atoms with Crippen molar-refractivity contribution in [2.75, 3.05) is 33.7 Å². The maximum atomic E-state index is 12.0. The Morgan fingerprint density at radius 1 is 1.14 bits per heavy atom. The van der Waals surface area contributed by atoms with E-state index in [1.54, 1.807) is 0 Å². The Labute approximate surface area is 124 Å². The van der Waals surface area contributed by atoms with E-state index in [0.29, 0.717) is 13.1 Å². The summed E-state index contributed by atoms with van der Waals surface area (Å²) in [6.07, 6.45) is 0.344. The minimum absolute atomic E-state index is 0.133. The first-order valence-electron chi connectivity index (χ1n) is 6.92. The van der Waals surface area contributed by atoms with Crippen molar-refractivity contribution in [2.45, 2.75) is 32.2 Å². The SMILES string of the molecule is CCN(CCCN(C)C)C(=O)N[C@@H](CCC(=O)O)C(=O)O. The van der Waals surface area contributed by atoms with Gasteiger partial charge < -0.3 is 25.3 Å². The molecule has 0 aliphatic rings. The summed E-state index contributed by atoms with van der Waals surface area (Å²) in [5.41, 5.74) is 0. The molecule has 2 amide bonds. The fraction of sp³-hybridized carbons (Fsp3) is 0.769. The van der Waals surface area contributed by atoms with E-state index in [1.807, 2.05) is 25.9 Å². The lowest BCUT2D eigenvalue weighted by molar-refractivity contribution is -0.140. The Morgan fingerprint density at radius 2 is 1.76 bits per heavy atom. The predicted molar refractivity (Wildman–Crippen MR) is 77.2 cm³/mol. The zero-order valence-corrected chi connectivity index (χ0v) is 12.8. The minimum Gasteiger partial charge on any atom is -0.481 e. The van der Waals surface area contributed by atoms with Crippen LogP contribution in [0.4, 0.5) is 4.79 Å². The molecule has 0 bridgehead atoms. The molecule has 3 N–H and O–H groups in total. The van der Waals surface area contributed by atoms with Crippen LogP contribution in [0.1, 0.15) is 26.2 Å². The molecule has 21 heavy (non-hydrogen) atoms. The molecule has 8 heteroatoms. The second-order valence-corrected chi connectivity index (χ2v) is 5.01. The standard InChI is InChI=1S/C13H25N3O5/c1-4-16(9-5-8-15(2)3)13(21)14-10(12(19)20)6-7-11(17)18/h10H,4-9H2,1-3H3,(H,14,21)(H,17,18)(H,19,20)/t10-/m0/s1. The van der Waals surface area contributed by atoms with Crippen molar-refractivity contribution >= 4 is 18.0 Å². The van der Waals surface area contributed by atoms with Gasteiger partial charge in [-0.15, -0.1) is 0 Å². The van der Waals surface area contributed by atoms with Crippen molar-refractivity contribution in [2.24, 2.45) is 0 Å². The molecule has 1 atom stereocenters. The maximum absolute atomic E-state index is 12.0. The lowest BCUT2D eigenvalue weighted by Gasteiger charge is -2.24. The highest BCUT2D eigenvalue weighted by Gasteiger charge is 2.23. The lowest BCUT2D eigenvalue weighted by atomic mass is 10.1. The topological polar surface area (TPSA) is 110 Å². The van der Waals surface area contributed by atoms with Gasteiger partial charge in [0.1, 0.15) is 6.04 Å². The van der Waals surface area contributed by atoms with Crippen LogP contribution in [0.5, 0.6) is 0 Å². The zero-order valence-electron chi connectivity index (χ0n) is 12.8. The molecule has 0 aromatic heterocycles. The highest BCUT2D eigenvalue weighted by Crippen LogP contribution is 2.01. The Balaban J connectivity index is 4.41. The number of carbonyl (C=O) groups excluding carboxylic acids is 1. The van der Waals surface area contributed by atoms with E-state index in [0.717, 1.165) is 13.0 Å². The maximum Gasteiger partial charge on any atom is 0.326 e. The van der Waals surface area contributed by atoms with Crippen LogP contribution in [0.2, 0.25) is 0 Å². The number of hydrogen-bond acceptors (Lipinski definition) is 4. The van der Waals surface area contributed by atoms with Crippen LogP contribution < -0.4 is 5.32 Å². The van der Waals surface area contributed by atoms with Crippen molar-refractivity contribution in [3.05, 3.63) is 0 Å². The van der Waals surface area contributed by atoms with Crippen LogP contribution in [0.25, 0.3) is 0 Å². The molecule has 0 saturated heterocycles. The second-order valence-electron chi connectivity index (χ2n) is 5.01. The van der Waals surface area contributed by atoms with Crippen LogP contribution in [0.3, 0.4) is 0 Å². The summed E-state index contributed by atoms with van der Waals surface area (Å²) >= 11 is 0. The first-order valence-corrected chi connectivity index (χ1v) is 6.92. The Morgan fingerprint density at radius 3 is 2.19 bits per heavy atom. The molecular weight excluding hydrogens is 278 g/mol. The predicted octanol–water partition coefficient (Wildman–Crippen LogP) is 0.288. The number of carboxylic acids is 2. The van der Waals surface area contributed by atoms with Crippen LogP contribution in [-0.2, 0) is 9.59 Å². The second kappa shape index (κ2) is 9.98. The number of carbonyl (C=O) groups is 3. The summed E-state index contributed by atoms with van der Waals surface area (Å²) in [6, 6.07) is -1.66. The molecule has 122 valence electrons. The molecule has 0 saturated carbocycles. The number of amides is 2. The van der Waals surface area contributed by atoms with Crippen molar-refractivity contribution in [3.63, 3.8) is 0 Å². The molecule has 0 unspecified atom stereocenters. The van der Waals surface area contributed by atoms with Crippen LogP contribution >= 0.6 is 0 Å². The number of aliphatic carboxylic acids is 2. The first kappa shape index (κ1) is 19.2. The van der Waals surface area contributed by atoms with Gasteiger partial charge in [0.15, 0.2) is 0 Å². The van der Waals surface area contributed by atoms with Crippen molar-refractivity contribution in [1.29, 1.82) is 0 Å². The molecule has 0 aliphatic carbocycles. The van der Waals surface area contributed by atoms with Gasteiger partial charge in [-0.05, 0) is 40.4 Å². The molecule has 0 aromatic carbocycles. The zero-order chi connectivity index (χ0) is 16.4. The smallest absolute Gasteiger partial charge is 0.326 e. The summed E-state index contributed by atoms with van der Waals surface area (Å²) in [6.45, 7) is 3.61. The normalized spacial score (nSPS) is 12.0. The van der Waals surface area contributed by atoms with E-state index in [1.165, 1.54) is 4.90 Å². The minimum atomic E-state index is -1.23. The molecule has 0 aromatic rings. The van der Waals surface area contributed by atoms with Crippen LogP contribution in [-0.4, -0.2) is 77.8 Å². The average molecular weight is 303 g/mol. The van der Waals surface area contributed by atoms with Crippen molar-refractivity contribution in [3.8, 4) is 0 Å². The van der Waals surface area contributed by atoms with E-state index in [-0.39, 0.29) is 12.8 Å². The van der Waals surface area contributed by atoms with E-state index >= 15 is 0 Å². The van der Waals surface area contributed by atoms with Gasteiger partial charge in [0, 0.05) is 19.5 Å². The molecular formula is C13H25N3O5. The van der Waals surface area contributed by atoms with Gasteiger partial charge >= 0.3 is 18.0 Å². The van der Waals surface area contributed by atoms with Gasteiger partial charge in [0.25, 0.3) is 0 Å². The number of carboxylic acid groups (broad SMARTS) is 2. The van der Waals surface area contributed by atoms with Gasteiger partial charge in [0.05, 0.1) is 0 Å². The summed E-state index contributed by atoms with van der Waals surface area (Å²) in [5.74, 6) is -2.32. The fourth-order valence-corrected chi connectivity index (χ4v) is 1.75. The Hall–Kier alpha value is -1.83. The third-order valence-corrected chi connectivity index (χ3v) is 2.94. The summed E-state index contributed by atoms with van der Waals surface area (Å²) in [7, 11) is 3.87. The monoisotopic (exact) mass is 303 g/mol. The Bertz CT molecular complexity index is 360. The van der Waals surface area contributed by atoms with Crippen LogP contribution in [0.15, 0.2) is 0 Å². The van der Waals surface area contributed by atoms with Crippen LogP contribution in [0, 0.1) is 0 Å². The van der Waals surface area contributed by atoms with E-state index in [9.17, 15) is 14.4 Å². The average Bonchev–Trinajstić information content (AvgIpc) is 2.38. The van der Waals surface area contributed by atoms with E-state index in [4.69, 9.17) is 10.2 Å². The number of rotatable bonds is 10. The third-order valence-electron chi connectivity index (χ3n) is 2.94. The van der Waals surface area contributed by atoms with E-state index < -0.39 is 24.0 Å². The summed E-state index contributed by atoms with van der Waals surface area (Å²) in [5, 5.41) is 20.0. The quantitative estimate of drug-likeness (QED) is 0.535. The lowest BCUT2D eigenvalue weighted by Crippen LogP contribution is -2.48. The summed E-state index contributed by atoms with van der Waals surface area (Å²) < 4.78 is 0. The van der Waals surface area contributed by atoms with E-state index in [2.05, 4.69) is 5.32 Å². The molecule has 8 nitrogen and oxygen atoms in total. The van der Waals surface area contributed by atoms with Gasteiger partial charge in [-0.25, -0.2) is 9.59 Å². The molecule has 0 spiro atoms. The first-order chi connectivity index (χ1) is 9.77. The number of nitrogens with zero attached hydrogens (tertiary/aromatic N) is 2. The highest BCUT2D eigenvalue weighted by atomic mass is 16.4. The largest absolute Gasteiger partial charge is 0.481 e. The third kappa shape index (κ3) is 8.85. The molecule has 0 aliphatic heterocycles. The van der Waals surface area contributed by atoms with Gasteiger partial charge in [-0.3, -0.25) is 4.79 Å². The number of urea groups is 1. The molecule has 0 radical (unpaired) electrons. The number of hydrogen-bond donors (Lipinski definition) is 3. The van der Waals surface area contributed by atoms with Gasteiger partial charge in [-0.2, -0.15) is 0 Å². The molecule has 0 heterocycles. The summed E-state index contributed by atoms with van der Waals surface area (Å²) in [4.78, 5) is 37.0. The van der Waals surface area contributed by atoms with Gasteiger partial charge in [-0.1, -0.05) is 0 Å². The highest BCUT2D eigenvalue weighted by molar-refractivity contribution is 5.83. The van der Waals surface area contributed by atoms with Crippen molar-refractivity contribution < 1.29 is 24.6 Å². The molecule has 0 fully saturated rings. The number of nitrogens with one attached hydrogen (secondary N) is 1. The molecule has 0 rings (SSSR count). The van der Waals surface area contributed by atoms with Crippen molar-refractivity contribution in [1.82, 2.24) is 15.1 Å².